The van der Waals surface area contributed by atoms with Crippen molar-refractivity contribution in [3.63, 3.8) is 0 Å². The molecule has 0 bridgehead atoms. The van der Waals surface area contributed by atoms with Crippen LogP contribution in [-0.2, 0) is 0 Å². The molecule has 0 saturated carbocycles. The van der Waals surface area contributed by atoms with Gasteiger partial charge in [-0.05, 0) is 202 Å². The van der Waals surface area contributed by atoms with E-state index in [1.165, 1.54) is 129 Å². The Kier molecular flexibility index (Phi) is 8.21. The van der Waals surface area contributed by atoms with Crippen LogP contribution in [0.4, 0.5) is 45.5 Å². The molecule has 2 aliphatic heterocycles. The largest absolute Gasteiger partial charge is 0.314 e. The number of hydrogen-bond acceptors (Lipinski definition) is 4. The highest BCUT2D eigenvalue weighted by atomic mass is 15.5. The van der Waals surface area contributed by atoms with Crippen LogP contribution in [0.15, 0.2) is 267 Å². The summed E-state index contributed by atoms with van der Waals surface area (Å²) in [6.07, 6.45) is -0.745. The number of para-hydroxylation sites is 4. The van der Waals surface area contributed by atoms with Crippen LogP contribution in [0.25, 0.3) is 129 Å². The number of benzene rings is 18. The Balaban J connectivity index is 0.909. The van der Waals surface area contributed by atoms with Crippen LogP contribution in [0.3, 0.4) is 0 Å². The molecule has 378 valence electrons. The second-order valence-electron chi connectivity index (χ2n) is 23.2. The third-order valence-electron chi connectivity index (χ3n) is 19.0. The van der Waals surface area contributed by atoms with Crippen molar-refractivity contribution < 1.29 is 0 Å². The molecule has 0 atom stereocenters. The SMILES string of the molecule is c1ccc2c(c1)N(c1cc3ccc4cccc5ccc(c1)c3c45)C(C1N(c3cc4ccc5cccc6ccc(c3)c4c56)c3ccccc3N1c1cc3ccc4cccc5ccc(c1)c3c45)N2c1cc2ccc3cccc4ccc(c1)c2c34. The first kappa shape index (κ1) is 43.2. The monoisotopic (exact) mass is 1040 g/mol. The van der Waals surface area contributed by atoms with Crippen molar-refractivity contribution in [2.45, 2.75) is 12.3 Å². The summed E-state index contributed by atoms with van der Waals surface area (Å²) < 4.78 is 0. The summed E-state index contributed by atoms with van der Waals surface area (Å²) in [6, 6.07) is 102. The normalized spacial score (nSPS) is 14.4. The molecule has 18 aromatic rings. The van der Waals surface area contributed by atoms with Crippen molar-refractivity contribution in [3.05, 3.63) is 267 Å². The van der Waals surface area contributed by atoms with Gasteiger partial charge in [-0.3, -0.25) is 0 Å². The van der Waals surface area contributed by atoms with Crippen molar-refractivity contribution in [1.29, 1.82) is 0 Å². The van der Waals surface area contributed by atoms with E-state index in [2.05, 4.69) is 287 Å². The smallest absolute Gasteiger partial charge is 0.151 e. The molecule has 0 amide bonds. The molecule has 20 rings (SSSR count). The average Bonchev–Trinajstić information content (AvgIpc) is 4.21. The third kappa shape index (κ3) is 5.65. The lowest BCUT2D eigenvalue weighted by atomic mass is 9.93. The molecule has 4 heteroatoms. The van der Waals surface area contributed by atoms with E-state index in [0.29, 0.717) is 0 Å². The molecule has 2 aliphatic rings. The Morgan fingerprint density at radius 1 is 0.159 bits per heavy atom. The van der Waals surface area contributed by atoms with Gasteiger partial charge in [0.2, 0.25) is 0 Å². The Bertz CT molecular complexity index is 4760. The molecule has 0 radical (unpaired) electrons. The van der Waals surface area contributed by atoms with Gasteiger partial charge in [0.1, 0.15) is 0 Å². The summed E-state index contributed by atoms with van der Waals surface area (Å²) in [5, 5.41) is 30.6. The average molecular weight is 1040 g/mol. The van der Waals surface area contributed by atoms with Crippen LogP contribution in [0.1, 0.15) is 0 Å². The van der Waals surface area contributed by atoms with Crippen LogP contribution in [-0.4, -0.2) is 12.3 Å². The van der Waals surface area contributed by atoms with Gasteiger partial charge in [0.05, 0.1) is 22.7 Å². The first-order valence-corrected chi connectivity index (χ1v) is 28.7. The van der Waals surface area contributed by atoms with E-state index in [4.69, 9.17) is 0 Å². The van der Waals surface area contributed by atoms with E-state index >= 15 is 0 Å². The topological polar surface area (TPSA) is 13.0 Å². The lowest BCUT2D eigenvalue weighted by molar-refractivity contribution is 0.550. The summed E-state index contributed by atoms with van der Waals surface area (Å²) in [7, 11) is 0. The fourth-order valence-electron chi connectivity index (χ4n) is 15.7. The maximum absolute atomic E-state index is 2.69. The molecule has 0 spiro atoms. The molecule has 0 saturated heterocycles. The lowest BCUT2D eigenvalue weighted by Crippen LogP contribution is -2.58. The zero-order chi connectivity index (χ0) is 53.1. The lowest BCUT2D eigenvalue weighted by Gasteiger charge is -2.45. The summed E-state index contributed by atoms with van der Waals surface area (Å²) in [6.45, 7) is 0. The van der Waals surface area contributed by atoms with Gasteiger partial charge >= 0.3 is 0 Å². The maximum Gasteiger partial charge on any atom is 0.151 e. The molecule has 2 heterocycles. The van der Waals surface area contributed by atoms with Gasteiger partial charge in [-0.2, -0.15) is 0 Å². The van der Waals surface area contributed by atoms with Gasteiger partial charge < -0.3 is 19.6 Å². The molecule has 82 heavy (non-hydrogen) atoms. The third-order valence-corrected chi connectivity index (χ3v) is 19.0. The number of rotatable bonds is 5. The van der Waals surface area contributed by atoms with E-state index in [-0.39, 0.29) is 12.3 Å². The van der Waals surface area contributed by atoms with Crippen LogP contribution < -0.4 is 19.6 Å². The maximum atomic E-state index is 2.69. The summed E-state index contributed by atoms with van der Waals surface area (Å²) in [5.74, 6) is 0. The molecule has 0 fully saturated rings. The highest BCUT2D eigenvalue weighted by Gasteiger charge is 2.52. The minimum absolute atomic E-state index is 0.372. The summed E-state index contributed by atoms with van der Waals surface area (Å²) in [5.41, 5.74) is 9.21. The molecule has 4 nitrogen and oxygen atoms in total. The minimum atomic E-state index is -0.372. The van der Waals surface area contributed by atoms with Gasteiger partial charge in [0.15, 0.2) is 12.3 Å². The van der Waals surface area contributed by atoms with E-state index < -0.39 is 0 Å². The van der Waals surface area contributed by atoms with Gasteiger partial charge in [-0.25, -0.2) is 0 Å². The van der Waals surface area contributed by atoms with E-state index in [1.54, 1.807) is 0 Å². The molecule has 0 unspecified atom stereocenters. The first-order chi connectivity index (χ1) is 40.6. The van der Waals surface area contributed by atoms with Crippen molar-refractivity contribution in [2.75, 3.05) is 19.6 Å². The van der Waals surface area contributed by atoms with Gasteiger partial charge in [-0.1, -0.05) is 194 Å². The van der Waals surface area contributed by atoms with Crippen LogP contribution in [0.5, 0.6) is 0 Å². The standard InChI is InChI=1S/C78H46N4/c1-2-18-66-65(17-1)79(61-37-53-29-21-45-9-5-10-46-22-30-54(38-61)73(53)69(45)46)77(80(66)62-39-55-31-23-47-11-6-12-48-24-32-56(40-62)74(55)70(47)48)78-81(63-41-57-33-25-49-13-7-14-50-26-34-58(42-63)75(57)71(49)50)67-19-3-4-20-68(67)82(78)64-43-59-35-27-51-15-8-16-52-28-36-60(44-64)76(59)72(51)52/h1-44,77-78H. The van der Waals surface area contributed by atoms with Crippen molar-refractivity contribution >= 4 is 175 Å². The second kappa shape index (κ2) is 15.6. The highest BCUT2D eigenvalue weighted by molar-refractivity contribution is 6.28. The fraction of sp³-hybridized carbons (Fsp3) is 0.0256. The molecular weight excluding hydrogens is 993 g/mol. The second-order valence-corrected chi connectivity index (χ2v) is 23.2. The molecular formula is C78H46N4. The van der Waals surface area contributed by atoms with Gasteiger partial charge in [0.25, 0.3) is 0 Å². The van der Waals surface area contributed by atoms with E-state index in [0.717, 1.165) is 45.5 Å². The highest BCUT2D eigenvalue weighted by Crippen LogP contribution is 2.58. The predicted molar refractivity (Wildman–Crippen MR) is 350 cm³/mol. The number of anilines is 8. The zero-order valence-corrected chi connectivity index (χ0v) is 44.3. The predicted octanol–water partition coefficient (Wildman–Crippen LogP) is 21.2. The van der Waals surface area contributed by atoms with Crippen molar-refractivity contribution in [3.8, 4) is 0 Å². The van der Waals surface area contributed by atoms with Gasteiger partial charge in [-0.15, -0.1) is 0 Å². The van der Waals surface area contributed by atoms with Crippen LogP contribution >= 0.6 is 0 Å². The van der Waals surface area contributed by atoms with Crippen molar-refractivity contribution in [1.82, 2.24) is 0 Å². The minimum Gasteiger partial charge on any atom is -0.314 e. The Morgan fingerprint density at radius 3 is 0.500 bits per heavy atom. The first-order valence-electron chi connectivity index (χ1n) is 28.7. The number of nitrogens with zero attached hydrogens (tertiary/aromatic N) is 4. The quantitative estimate of drug-likeness (QED) is 0.159. The van der Waals surface area contributed by atoms with Gasteiger partial charge in [0, 0.05) is 22.7 Å². The van der Waals surface area contributed by atoms with Crippen LogP contribution in [0.2, 0.25) is 0 Å². The Labute approximate surface area is 471 Å². The summed E-state index contributed by atoms with van der Waals surface area (Å²) >= 11 is 0. The summed E-state index contributed by atoms with van der Waals surface area (Å²) in [4.78, 5) is 10.8. The van der Waals surface area contributed by atoms with E-state index in [1.807, 2.05) is 0 Å². The van der Waals surface area contributed by atoms with Crippen molar-refractivity contribution in [2.24, 2.45) is 0 Å². The molecule has 18 aromatic carbocycles. The Morgan fingerprint density at radius 2 is 0.317 bits per heavy atom. The fourth-order valence-corrected chi connectivity index (χ4v) is 15.7. The molecule has 0 aliphatic carbocycles. The zero-order valence-electron chi connectivity index (χ0n) is 44.3. The molecule has 0 aromatic heterocycles. The number of fused-ring (bicyclic) bond motifs is 2. The van der Waals surface area contributed by atoms with Crippen LogP contribution in [0, 0.1) is 0 Å². The van der Waals surface area contributed by atoms with E-state index in [9.17, 15) is 0 Å². The molecule has 0 N–H and O–H groups in total. The number of hydrogen-bond donors (Lipinski definition) is 0. The Hall–Kier alpha value is -10.7.